The van der Waals surface area contributed by atoms with Crippen molar-refractivity contribution in [3.8, 4) is 0 Å². The summed E-state index contributed by atoms with van der Waals surface area (Å²) in [5.41, 5.74) is -1.85. The zero-order chi connectivity index (χ0) is 16.2. The Balaban J connectivity index is 3.48. The molecule has 7 heteroatoms. The summed E-state index contributed by atoms with van der Waals surface area (Å²) in [6.45, 7) is 7.90. The molecule has 0 fully saturated rings. The average molecular weight is 299 g/mol. The van der Waals surface area contributed by atoms with Crippen LogP contribution in [0.4, 0.5) is 0 Å². The van der Waals surface area contributed by atoms with Gasteiger partial charge in [0.25, 0.3) is 0 Å². The lowest BCUT2D eigenvalue weighted by Gasteiger charge is -2.15. The molecule has 0 saturated carbocycles. The average Bonchev–Trinajstić information content (AvgIpc) is 2.39. The molecule has 0 aromatic carbocycles. The van der Waals surface area contributed by atoms with E-state index in [1.807, 2.05) is 27.7 Å². The van der Waals surface area contributed by atoms with Gasteiger partial charge in [-0.3, -0.25) is 0 Å². The highest BCUT2D eigenvalue weighted by Crippen LogP contribution is 1.99. The van der Waals surface area contributed by atoms with Crippen molar-refractivity contribution in [3.05, 3.63) is 31.5 Å². The number of nitrogens with zero attached hydrogens (tertiary/aromatic N) is 3. The normalized spacial score (nSPS) is 11.6. The van der Waals surface area contributed by atoms with E-state index in [4.69, 9.17) is 5.11 Å². The highest BCUT2D eigenvalue weighted by atomic mass is 16.3. The molecule has 1 aromatic rings. The van der Waals surface area contributed by atoms with E-state index in [0.717, 1.165) is 13.7 Å². The minimum Gasteiger partial charge on any atom is -0.395 e. The molecule has 1 heterocycles. The zero-order valence-corrected chi connectivity index (χ0v) is 13.2. The molecule has 0 radical (unpaired) electrons. The van der Waals surface area contributed by atoms with E-state index in [9.17, 15) is 14.4 Å². The molecule has 0 aliphatic carbocycles. The smallest absolute Gasteiger partial charge is 0.336 e. The number of aliphatic hydroxyl groups excluding tert-OH is 1. The lowest BCUT2D eigenvalue weighted by molar-refractivity contribution is 0.262. The van der Waals surface area contributed by atoms with Crippen molar-refractivity contribution in [1.82, 2.24) is 13.7 Å². The van der Waals surface area contributed by atoms with E-state index in [1.54, 1.807) is 0 Å². The van der Waals surface area contributed by atoms with Crippen LogP contribution < -0.4 is 17.1 Å². The maximum absolute atomic E-state index is 12.4. The van der Waals surface area contributed by atoms with Crippen LogP contribution in [0, 0.1) is 11.8 Å². The second kappa shape index (κ2) is 7.40. The number of aliphatic hydroxyl groups is 1. The monoisotopic (exact) mass is 299 g/mol. The van der Waals surface area contributed by atoms with Gasteiger partial charge in [-0.2, -0.15) is 0 Å². The standard InChI is InChI=1S/C14H25N3O4/c1-10(2)5-6-15-12(19)16(7-8-18)14(21)17(13(15)20)9-11(3)4/h10-11,18H,5-9H2,1-4H3. The van der Waals surface area contributed by atoms with Crippen molar-refractivity contribution in [1.29, 1.82) is 0 Å². The molecular formula is C14H25N3O4. The Bertz CT molecular complexity index is 637. The minimum atomic E-state index is -0.645. The van der Waals surface area contributed by atoms with E-state index in [0.29, 0.717) is 12.3 Å². The van der Waals surface area contributed by atoms with Crippen molar-refractivity contribution >= 4 is 0 Å². The molecule has 0 amide bonds. The Morgan fingerprint density at radius 2 is 1.29 bits per heavy atom. The van der Waals surface area contributed by atoms with Gasteiger partial charge in [-0.25, -0.2) is 28.1 Å². The van der Waals surface area contributed by atoms with Crippen molar-refractivity contribution < 1.29 is 5.11 Å². The molecule has 7 nitrogen and oxygen atoms in total. The molecule has 0 bridgehead atoms. The summed E-state index contributed by atoms with van der Waals surface area (Å²) in [5, 5.41) is 9.02. The van der Waals surface area contributed by atoms with Crippen LogP contribution in [0.15, 0.2) is 14.4 Å². The van der Waals surface area contributed by atoms with Gasteiger partial charge in [0, 0.05) is 13.1 Å². The Morgan fingerprint density at radius 1 is 0.810 bits per heavy atom. The van der Waals surface area contributed by atoms with Crippen LogP contribution in [0.2, 0.25) is 0 Å². The molecule has 1 rings (SSSR count). The van der Waals surface area contributed by atoms with E-state index in [2.05, 4.69) is 0 Å². The second-order valence-electron chi connectivity index (χ2n) is 6.06. The lowest BCUT2D eigenvalue weighted by Crippen LogP contribution is -2.55. The number of hydrogen-bond acceptors (Lipinski definition) is 4. The summed E-state index contributed by atoms with van der Waals surface area (Å²) in [6, 6.07) is 0. The van der Waals surface area contributed by atoms with Gasteiger partial charge in [0.05, 0.1) is 13.2 Å². The Hall–Kier alpha value is -1.63. The first kappa shape index (κ1) is 17.4. The fraction of sp³-hybridized carbons (Fsp3) is 0.786. The first-order valence-electron chi connectivity index (χ1n) is 7.34. The van der Waals surface area contributed by atoms with Gasteiger partial charge in [0.2, 0.25) is 0 Å². The fourth-order valence-corrected chi connectivity index (χ4v) is 2.07. The third-order valence-electron chi connectivity index (χ3n) is 3.19. The second-order valence-corrected chi connectivity index (χ2v) is 6.06. The highest BCUT2D eigenvalue weighted by Gasteiger charge is 2.16. The number of aromatic nitrogens is 3. The summed E-state index contributed by atoms with van der Waals surface area (Å²) in [5.74, 6) is 0.446. The lowest BCUT2D eigenvalue weighted by atomic mass is 10.1. The first-order chi connectivity index (χ1) is 9.79. The molecule has 0 aliphatic heterocycles. The Morgan fingerprint density at radius 3 is 1.71 bits per heavy atom. The SMILES string of the molecule is CC(C)CCn1c(=O)n(CCO)c(=O)n(CC(C)C)c1=O. The van der Waals surface area contributed by atoms with Crippen LogP contribution in [-0.4, -0.2) is 25.4 Å². The van der Waals surface area contributed by atoms with Crippen LogP contribution in [0.1, 0.15) is 34.1 Å². The van der Waals surface area contributed by atoms with Gasteiger partial charge < -0.3 is 5.11 Å². The topological polar surface area (TPSA) is 86.2 Å². The van der Waals surface area contributed by atoms with Crippen molar-refractivity contribution in [3.63, 3.8) is 0 Å². The highest BCUT2D eigenvalue weighted by molar-refractivity contribution is 4.79. The van der Waals surface area contributed by atoms with Crippen molar-refractivity contribution in [2.24, 2.45) is 11.8 Å². The molecule has 0 atom stereocenters. The predicted molar refractivity (Wildman–Crippen MR) is 80.6 cm³/mol. The molecule has 120 valence electrons. The van der Waals surface area contributed by atoms with Gasteiger partial charge in [-0.1, -0.05) is 27.7 Å². The molecule has 0 unspecified atom stereocenters. The fourth-order valence-electron chi connectivity index (χ4n) is 2.07. The number of hydrogen-bond donors (Lipinski definition) is 1. The molecule has 1 aromatic heterocycles. The van der Waals surface area contributed by atoms with Crippen LogP contribution in [-0.2, 0) is 19.6 Å². The molecule has 0 spiro atoms. The summed E-state index contributed by atoms with van der Waals surface area (Å²) < 4.78 is 3.12. The molecule has 0 aliphatic rings. The van der Waals surface area contributed by atoms with Crippen LogP contribution in [0.3, 0.4) is 0 Å². The molecule has 1 N–H and O–H groups in total. The molecule has 0 saturated heterocycles. The van der Waals surface area contributed by atoms with Gasteiger partial charge in [0.1, 0.15) is 0 Å². The maximum atomic E-state index is 12.4. The van der Waals surface area contributed by atoms with E-state index in [-0.39, 0.29) is 32.2 Å². The summed E-state index contributed by atoms with van der Waals surface area (Å²) >= 11 is 0. The Kier molecular flexibility index (Phi) is 6.14. The Labute approximate surface area is 123 Å². The predicted octanol–water partition coefficient (Wildman–Crippen LogP) is -0.134. The third-order valence-corrected chi connectivity index (χ3v) is 3.19. The number of rotatable bonds is 7. The van der Waals surface area contributed by atoms with Crippen molar-refractivity contribution in [2.75, 3.05) is 6.61 Å². The maximum Gasteiger partial charge on any atom is 0.336 e. The summed E-state index contributed by atoms with van der Waals surface area (Å²) in [4.78, 5) is 36.8. The van der Waals surface area contributed by atoms with Gasteiger partial charge in [-0.15, -0.1) is 0 Å². The minimum absolute atomic E-state index is 0.0995. The van der Waals surface area contributed by atoms with Gasteiger partial charge >= 0.3 is 17.1 Å². The van der Waals surface area contributed by atoms with Crippen LogP contribution >= 0.6 is 0 Å². The van der Waals surface area contributed by atoms with Crippen molar-refractivity contribution in [2.45, 2.75) is 53.8 Å². The van der Waals surface area contributed by atoms with E-state index in [1.165, 1.54) is 0 Å². The zero-order valence-electron chi connectivity index (χ0n) is 13.2. The van der Waals surface area contributed by atoms with Crippen LogP contribution in [0.25, 0.3) is 0 Å². The largest absolute Gasteiger partial charge is 0.395 e. The molecular weight excluding hydrogens is 274 g/mol. The third kappa shape index (κ3) is 4.17. The van der Waals surface area contributed by atoms with E-state index < -0.39 is 17.1 Å². The first-order valence-corrected chi connectivity index (χ1v) is 7.34. The molecule has 21 heavy (non-hydrogen) atoms. The summed E-state index contributed by atoms with van der Waals surface area (Å²) in [6.07, 6.45) is 0.675. The van der Waals surface area contributed by atoms with Crippen LogP contribution in [0.5, 0.6) is 0 Å². The van der Waals surface area contributed by atoms with Gasteiger partial charge in [-0.05, 0) is 18.3 Å². The van der Waals surface area contributed by atoms with E-state index >= 15 is 0 Å². The quantitative estimate of drug-likeness (QED) is 0.759. The van der Waals surface area contributed by atoms with Gasteiger partial charge in [0.15, 0.2) is 0 Å². The summed E-state index contributed by atoms with van der Waals surface area (Å²) in [7, 11) is 0.